The van der Waals surface area contributed by atoms with Crippen molar-refractivity contribution in [3.05, 3.63) is 36.5 Å². The Bertz CT molecular complexity index is 861. The summed E-state index contributed by atoms with van der Waals surface area (Å²) < 4.78 is 16.6. The minimum Gasteiger partial charge on any atom is -0.462 e. The lowest BCUT2D eigenvalue weighted by Crippen LogP contribution is -2.30. The van der Waals surface area contributed by atoms with E-state index in [0.29, 0.717) is 25.7 Å². The first-order valence-corrected chi connectivity index (χ1v) is 21.0. The number of allylic oxidation sites excluding steroid dienone is 6. The van der Waals surface area contributed by atoms with Crippen LogP contribution in [-0.2, 0) is 28.6 Å². The number of esters is 3. The van der Waals surface area contributed by atoms with Crippen LogP contribution in [0.2, 0.25) is 0 Å². The van der Waals surface area contributed by atoms with E-state index in [9.17, 15) is 14.4 Å². The summed E-state index contributed by atoms with van der Waals surface area (Å²) in [4.78, 5) is 37.5. The Balaban J connectivity index is 4.42. The van der Waals surface area contributed by atoms with Gasteiger partial charge in [0, 0.05) is 19.3 Å². The molecular weight excluding hydrogens is 624 g/mol. The van der Waals surface area contributed by atoms with Crippen LogP contribution >= 0.6 is 0 Å². The quantitative estimate of drug-likeness (QED) is 0.0277. The lowest BCUT2D eigenvalue weighted by atomic mass is 10.1. The van der Waals surface area contributed by atoms with Crippen molar-refractivity contribution in [2.45, 2.75) is 213 Å². The maximum atomic E-state index is 12.6. The maximum Gasteiger partial charge on any atom is 0.306 e. The fourth-order valence-corrected chi connectivity index (χ4v) is 5.60. The fraction of sp³-hybridized carbons (Fsp3) is 0.795. The van der Waals surface area contributed by atoms with Crippen molar-refractivity contribution in [3.63, 3.8) is 0 Å². The van der Waals surface area contributed by atoms with Crippen LogP contribution < -0.4 is 0 Å². The number of hydrogen-bond donors (Lipinski definition) is 0. The van der Waals surface area contributed by atoms with Crippen molar-refractivity contribution < 1.29 is 28.6 Å². The number of carbonyl (C=O) groups is 3. The number of ether oxygens (including phenoxy) is 3. The molecule has 0 spiro atoms. The lowest BCUT2D eigenvalue weighted by Gasteiger charge is -2.18. The maximum absolute atomic E-state index is 12.6. The molecule has 0 aliphatic heterocycles. The zero-order valence-corrected chi connectivity index (χ0v) is 32.9. The van der Waals surface area contributed by atoms with Gasteiger partial charge in [0.15, 0.2) is 6.10 Å². The monoisotopic (exact) mass is 703 g/mol. The normalized spacial score (nSPS) is 12.3. The third-order valence-corrected chi connectivity index (χ3v) is 8.84. The minimum absolute atomic E-state index is 0.0931. The summed E-state index contributed by atoms with van der Waals surface area (Å²) in [5.41, 5.74) is 0. The minimum atomic E-state index is -0.788. The van der Waals surface area contributed by atoms with Gasteiger partial charge in [-0.1, -0.05) is 141 Å². The molecule has 0 radical (unpaired) electrons. The Kier molecular flexibility index (Phi) is 37.5. The van der Waals surface area contributed by atoms with Crippen molar-refractivity contribution in [1.82, 2.24) is 0 Å². The second kappa shape index (κ2) is 39.4. The van der Waals surface area contributed by atoms with Gasteiger partial charge in [0.05, 0.1) is 0 Å². The smallest absolute Gasteiger partial charge is 0.306 e. The Morgan fingerprint density at radius 3 is 1.18 bits per heavy atom. The molecule has 0 saturated carbocycles. The molecule has 0 aromatic carbocycles. The molecule has 0 aliphatic carbocycles. The first-order valence-electron chi connectivity index (χ1n) is 21.0. The molecule has 0 aliphatic rings. The van der Waals surface area contributed by atoms with Crippen molar-refractivity contribution in [3.8, 4) is 0 Å². The van der Waals surface area contributed by atoms with Crippen molar-refractivity contribution in [1.29, 1.82) is 0 Å². The highest BCUT2D eigenvalue weighted by Gasteiger charge is 2.19. The van der Waals surface area contributed by atoms with Crippen LogP contribution in [0.15, 0.2) is 36.5 Å². The average Bonchev–Trinajstić information content (AvgIpc) is 3.11. The van der Waals surface area contributed by atoms with E-state index < -0.39 is 6.10 Å². The molecule has 0 fully saturated rings. The number of unbranched alkanes of at least 4 members (excludes halogenated alkanes) is 20. The van der Waals surface area contributed by atoms with E-state index >= 15 is 0 Å². The van der Waals surface area contributed by atoms with Crippen LogP contribution in [0.1, 0.15) is 207 Å². The van der Waals surface area contributed by atoms with Gasteiger partial charge in [0.2, 0.25) is 0 Å². The summed E-state index contributed by atoms with van der Waals surface area (Å²) in [7, 11) is 0. The van der Waals surface area contributed by atoms with Crippen LogP contribution in [0.5, 0.6) is 0 Å². The zero-order valence-electron chi connectivity index (χ0n) is 32.9. The predicted octanol–water partition coefficient (Wildman–Crippen LogP) is 13.0. The number of hydrogen-bond acceptors (Lipinski definition) is 6. The molecule has 0 saturated heterocycles. The molecule has 0 aromatic heterocycles. The largest absolute Gasteiger partial charge is 0.462 e. The highest BCUT2D eigenvalue weighted by Crippen LogP contribution is 2.12. The Morgan fingerprint density at radius 2 is 0.700 bits per heavy atom. The third-order valence-electron chi connectivity index (χ3n) is 8.84. The summed E-state index contributed by atoms with van der Waals surface area (Å²) >= 11 is 0. The molecule has 6 nitrogen and oxygen atoms in total. The predicted molar refractivity (Wildman–Crippen MR) is 210 cm³/mol. The summed E-state index contributed by atoms with van der Waals surface area (Å²) in [6.45, 7) is 6.48. The van der Waals surface area contributed by atoms with E-state index in [2.05, 4.69) is 57.2 Å². The zero-order chi connectivity index (χ0) is 36.6. The number of carbonyl (C=O) groups excluding carboxylic acids is 3. The Morgan fingerprint density at radius 1 is 0.380 bits per heavy atom. The summed E-state index contributed by atoms with van der Waals surface area (Å²) in [5.74, 6) is -0.963. The van der Waals surface area contributed by atoms with Crippen molar-refractivity contribution in [2.24, 2.45) is 0 Å². The molecule has 1 atom stereocenters. The summed E-state index contributed by atoms with van der Waals surface area (Å²) in [5, 5.41) is 0. The second-order valence-electron chi connectivity index (χ2n) is 13.9. The van der Waals surface area contributed by atoms with Crippen LogP contribution in [0.4, 0.5) is 0 Å². The third kappa shape index (κ3) is 36.9. The molecular formula is C44H78O6. The van der Waals surface area contributed by atoms with Gasteiger partial charge in [-0.15, -0.1) is 0 Å². The molecule has 50 heavy (non-hydrogen) atoms. The molecule has 0 rings (SSSR count). The fourth-order valence-electron chi connectivity index (χ4n) is 5.60. The van der Waals surface area contributed by atoms with E-state index in [0.717, 1.165) is 83.5 Å². The van der Waals surface area contributed by atoms with Gasteiger partial charge in [-0.05, 0) is 83.5 Å². The molecule has 0 N–H and O–H groups in total. The topological polar surface area (TPSA) is 78.9 Å². The van der Waals surface area contributed by atoms with Crippen molar-refractivity contribution in [2.75, 3.05) is 13.2 Å². The highest BCUT2D eigenvalue weighted by molar-refractivity contribution is 5.71. The SMILES string of the molecule is CCCC/C=C\CCCCCCC(=O)OC(COC(=O)CCC/C=C\CCCCCC)COC(=O)CCCCC/C=C\CCCCCCCC. The molecule has 1 unspecified atom stereocenters. The lowest BCUT2D eigenvalue weighted by molar-refractivity contribution is -0.167. The van der Waals surface area contributed by atoms with Crippen LogP contribution in [-0.4, -0.2) is 37.2 Å². The molecule has 290 valence electrons. The molecule has 0 bridgehead atoms. The molecule has 0 amide bonds. The van der Waals surface area contributed by atoms with Gasteiger partial charge in [-0.3, -0.25) is 14.4 Å². The van der Waals surface area contributed by atoms with Crippen LogP contribution in [0.25, 0.3) is 0 Å². The van der Waals surface area contributed by atoms with E-state index in [-0.39, 0.29) is 31.1 Å². The summed E-state index contributed by atoms with van der Waals surface area (Å²) in [6, 6.07) is 0. The number of rotatable bonds is 37. The Labute approximate surface area is 308 Å². The van der Waals surface area contributed by atoms with Crippen LogP contribution in [0.3, 0.4) is 0 Å². The van der Waals surface area contributed by atoms with Gasteiger partial charge in [-0.2, -0.15) is 0 Å². The second-order valence-corrected chi connectivity index (χ2v) is 13.9. The molecule has 6 heteroatoms. The van der Waals surface area contributed by atoms with Gasteiger partial charge in [-0.25, -0.2) is 0 Å². The van der Waals surface area contributed by atoms with E-state index in [1.54, 1.807) is 0 Å². The summed E-state index contributed by atoms with van der Waals surface area (Å²) in [6.07, 6.45) is 42.8. The van der Waals surface area contributed by atoms with E-state index in [4.69, 9.17) is 14.2 Å². The van der Waals surface area contributed by atoms with Gasteiger partial charge in [0.1, 0.15) is 13.2 Å². The molecule has 0 aromatic rings. The van der Waals surface area contributed by atoms with E-state index in [1.165, 1.54) is 77.0 Å². The van der Waals surface area contributed by atoms with Crippen LogP contribution in [0, 0.1) is 0 Å². The van der Waals surface area contributed by atoms with Gasteiger partial charge >= 0.3 is 17.9 Å². The first kappa shape index (κ1) is 47.6. The first-order chi connectivity index (χ1) is 24.5. The van der Waals surface area contributed by atoms with Crippen molar-refractivity contribution >= 4 is 17.9 Å². The standard InChI is InChI=1S/C44H78O6/c1-4-7-10-13-16-19-21-22-23-26-28-31-34-37-43(46)49-40-41(39-48-42(45)36-33-30-27-24-18-15-12-9-6-3)50-44(47)38-35-32-29-25-20-17-14-11-8-5-2/h14,17,22-24,27,41H,4-13,15-16,18-21,25-26,28-40H2,1-3H3/b17-14-,23-22-,27-24-. The van der Waals surface area contributed by atoms with Gasteiger partial charge in [0.25, 0.3) is 0 Å². The Hall–Kier alpha value is -2.37. The highest BCUT2D eigenvalue weighted by atomic mass is 16.6. The molecule has 0 heterocycles. The van der Waals surface area contributed by atoms with Gasteiger partial charge < -0.3 is 14.2 Å². The average molecular weight is 703 g/mol. The van der Waals surface area contributed by atoms with E-state index in [1.807, 2.05) is 0 Å².